The lowest BCUT2D eigenvalue weighted by Gasteiger charge is -2.33. The summed E-state index contributed by atoms with van der Waals surface area (Å²) in [6, 6.07) is 6.18. The topological polar surface area (TPSA) is 78.4 Å². The molecule has 1 aliphatic rings. The zero-order chi connectivity index (χ0) is 21.1. The van der Waals surface area contributed by atoms with Crippen LogP contribution in [0.3, 0.4) is 0 Å². The quantitative estimate of drug-likeness (QED) is 0.315. The second kappa shape index (κ2) is 12.3. The molecule has 1 saturated heterocycles. The first-order chi connectivity index (χ1) is 14.0. The number of methoxy groups -OCH3 is 1. The van der Waals surface area contributed by atoms with Crippen molar-refractivity contribution in [1.29, 1.82) is 0 Å². The number of benzene rings is 1. The summed E-state index contributed by atoms with van der Waals surface area (Å²) in [5, 5.41) is 15.8. The number of nitrogens with one attached hydrogen (secondary N) is 2. The minimum absolute atomic E-state index is 0.0287. The van der Waals surface area contributed by atoms with Crippen LogP contribution in [0.5, 0.6) is 11.5 Å². The Labute approximate surface area is 174 Å². The van der Waals surface area contributed by atoms with E-state index in [1.54, 1.807) is 7.11 Å². The number of aliphatic imine (C=N–C) groups is 1. The summed E-state index contributed by atoms with van der Waals surface area (Å²) in [6.45, 7) is 12.9. The molecule has 0 spiro atoms. The van der Waals surface area contributed by atoms with Crippen molar-refractivity contribution >= 4 is 5.96 Å². The Morgan fingerprint density at radius 1 is 1.31 bits per heavy atom. The van der Waals surface area contributed by atoms with Crippen LogP contribution >= 0.6 is 0 Å². The fraction of sp³-hybridized carbons (Fsp3) is 0.591. The first-order valence-electron chi connectivity index (χ1n) is 10.4. The van der Waals surface area contributed by atoms with Gasteiger partial charge >= 0.3 is 0 Å². The Balaban J connectivity index is 1.94. The summed E-state index contributed by atoms with van der Waals surface area (Å²) >= 11 is 0. The number of nitrogens with zero attached hydrogens (tertiary/aromatic N) is 2. The van der Waals surface area contributed by atoms with Gasteiger partial charge in [-0.3, -0.25) is 4.90 Å². The van der Waals surface area contributed by atoms with Crippen LogP contribution in [0.1, 0.15) is 32.3 Å². The van der Waals surface area contributed by atoms with Crippen LogP contribution in [0.2, 0.25) is 0 Å². The maximum Gasteiger partial charge on any atom is 0.191 e. The zero-order valence-electron chi connectivity index (χ0n) is 18.0. The van der Waals surface area contributed by atoms with Crippen molar-refractivity contribution in [3.8, 4) is 11.5 Å². The van der Waals surface area contributed by atoms with E-state index in [2.05, 4.69) is 36.0 Å². The Bertz CT molecular complexity index is 670. The van der Waals surface area contributed by atoms with Gasteiger partial charge in [0.1, 0.15) is 6.61 Å². The second-order valence-electron chi connectivity index (χ2n) is 7.40. The molecule has 1 aromatic carbocycles. The molecule has 0 bridgehead atoms. The van der Waals surface area contributed by atoms with Gasteiger partial charge in [0, 0.05) is 32.2 Å². The van der Waals surface area contributed by atoms with Crippen molar-refractivity contribution in [2.75, 3.05) is 46.5 Å². The molecule has 0 amide bonds. The van der Waals surface area contributed by atoms with E-state index in [-0.39, 0.29) is 13.2 Å². The number of hydrogen-bond acceptors (Lipinski definition) is 5. The Hall–Kier alpha value is -2.25. The van der Waals surface area contributed by atoms with Gasteiger partial charge in [-0.25, -0.2) is 4.99 Å². The maximum atomic E-state index is 8.93. The van der Waals surface area contributed by atoms with Crippen LogP contribution in [0.15, 0.2) is 35.3 Å². The third kappa shape index (κ3) is 7.95. The van der Waals surface area contributed by atoms with Crippen molar-refractivity contribution in [2.45, 2.75) is 39.3 Å². The summed E-state index contributed by atoms with van der Waals surface area (Å²) in [7, 11) is 1.61. The first-order valence-corrected chi connectivity index (χ1v) is 10.4. The van der Waals surface area contributed by atoms with Crippen LogP contribution in [-0.4, -0.2) is 68.5 Å². The average Bonchev–Trinajstić information content (AvgIpc) is 2.72. The summed E-state index contributed by atoms with van der Waals surface area (Å²) < 4.78 is 10.9. The van der Waals surface area contributed by atoms with Crippen LogP contribution in [-0.2, 0) is 6.54 Å². The van der Waals surface area contributed by atoms with Gasteiger partial charge in [-0.2, -0.15) is 0 Å². The molecule has 0 aliphatic carbocycles. The van der Waals surface area contributed by atoms with Crippen molar-refractivity contribution < 1.29 is 14.6 Å². The molecule has 0 unspecified atom stereocenters. The van der Waals surface area contributed by atoms with Gasteiger partial charge in [-0.05, 0) is 44.4 Å². The number of guanidine groups is 1. The van der Waals surface area contributed by atoms with Crippen LogP contribution < -0.4 is 20.1 Å². The number of likely N-dealkylation sites (tertiary alicyclic amines) is 1. The molecular formula is C22H36N4O3. The van der Waals surface area contributed by atoms with E-state index < -0.39 is 0 Å². The fourth-order valence-corrected chi connectivity index (χ4v) is 3.39. The molecule has 1 aliphatic heterocycles. The third-order valence-corrected chi connectivity index (χ3v) is 4.76. The monoisotopic (exact) mass is 404 g/mol. The molecule has 0 radical (unpaired) electrons. The number of piperidine rings is 1. The predicted octanol–water partition coefficient (Wildman–Crippen LogP) is 2.16. The fourth-order valence-electron chi connectivity index (χ4n) is 3.39. The summed E-state index contributed by atoms with van der Waals surface area (Å²) in [6.07, 6.45) is 2.20. The van der Waals surface area contributed by atoms with Gasteiger partial charge in [-0.1, -0.05) is 18.2 Å². The largest absolute Gasteiger partial charge is 0.493 e. The molecule has 162 valence electrons. The van der Waals surface area contributed by atoms with E-state index in [1.165, 1.54) is 5.57 Å². The predicted molar refractivity (Wildman–Crippen MR) is 118 cm³/mol. The van der Waals surface area contributed by atoms with Crippen molar-refractivity contribution in [3.05, 3.63) is 35.9 Å². The average molecular weight is 405 g/mol. The lowest BCUT2D eigenvalue weighted by Crippen LogP contribution is -2.48. The molecule has 3 N–H and O–H groups in total. The molecule has 1 heterocycles. The molecule has 0 atom stereocenters. The van der Waals surface area contributed by atoms with E-state index in [4.69, 9.17) is 19.6 Å². The van der Waals surface area contributed by atoms with Gasteiger partial charge < -0.3 is 25.2 Å². The van der Waals surface area contributed by atoms with Gasteiger partial charge in [0.05, 0.1) is 20.3 Å². The Kier molecular flexibility index (Phi) is 9.80. The standard InChI is InChI=1S/C22H36N4O3/c1-5-23-22(25-19-8-10-26(11-9-19)16-17(2)3)24-15-18-6-7-20(29-13-12-27)21(14-18)28-4/h6-7,14,19,27H,2,5,8-13,15-16H2,1,3-4H3,(H2,23,24,25). The summed E-state index contributed by atoms with van der Waals surface area (Å²) in [5.41, 5.74) is 2.25. The summed E-state index contributed by atoms with van der Waals surface area (Å²) in [5.74, 6) is 2.11. The van der Waals surface area contributed by atoms with Crippen LogP contribution in [0, 0.1) is 0 Å². The molecule has 2 rings (SSSR count). The summed E-state index contributed by atoms with van der Waals surface area (Å²) in [4.78, 5) is 7.20. The molecule has 29 heavy (non-hydrogen) atoms. The maximum absolute atomic E-state index is 8.93. The molecule has 7 heteroatoms. The van der Waals surface area contributed by atoms with E-state index in [1.807, 2.05) is 18.2 Å². The highest BCUT2D eigenvalue weighted by molar-refractivity contribution is 5.80. The van der Waals surface area contributed by atoms with Crippen molar-refractivity contribution in [1.82, 2.24) is 15.5 Å². The van der Waals surface area contributed by atoms with E-state index in [0.29, 0.717) is 24.1 Å². The van der Waals surface area contributed by atoms with Crippen LogP contribution in [0.25, 0.3) is 0 Å². The Morgan fingerprint density at radius 3 is 2.69 bits per heavy atom. The van der Waals surface area contributed by atoms with E-state index in [0.717, 1.165) is 50.5 Å². The first kappa shape index (κ1) is 23.0. The number of hydrogen-bond donors (Lipinski definition) is 3. The van der Waals surface area contributed by atoms with Gasteiger partial charge in [0.15, 0.2) is 17.5 Å². The highest BCUT2D eigenvalue weighted by atomic mass is 16.5. The van der Waals surface area contributed by atoms with Crippen LogP contribution in [0.4, 0.5) is 0 Å². The number of aliphatic hydroxyl groups excluding tert-OH is 1. The lowest BCUT2D eigenvalue weighted by atomic mass is 10.0. The lowest BCUT2D eigenvalue weighted by molar-refractivity contribution is 0.196. The van der Waals surface area contributed by atoms with Crippen molar-refractivity contribution in [3.63, 3.8) is 0 Å². The number of rotatable bonds is 10. The minimum Gasteiger partial charge on any atom is -0.493 e. The molecule has 1 fully saturated rings. The number of ether oxygens (including phenoxy) is 2. The van der Waals surface area contributed by atoms with Gasteiger partial charge in [0.2, 0.25) is 0 Å². The molecule has 1 aromatic rings. The zero-order valence-corrected chi connectivity index (χ0v) is 18.0. The highest BCUT2D eigenvalue weighted by Gasteiger charge is 2.19. The minimum atomic E-state index is -0.0287. The molecule has 7 nitrogen and oxygen atoms in total. The Morgan fingerprint density at radius 2 is 2.07 bits per heavy atom. The molecule has 0 saturated carbocycles. The molecule has 0 aromatic heterocycles. The third-order valence-electron chi connectivity index (χ3n) is 4.76. The smallest absolute Gasteiger partial charge is 0.191 e. The number of aliphatic hydroxyl groups is 1. The highest BCUT2D eigenvalue weighted by Crippen LogP contribution is 2.28. The van der Waals surface area contributed by atoms with Gasteiger partial charge in [0.25, 0.3) is 0 Å². The van der Waals surface area contributed by atoms with E-state index >= 15 is 0 Å². The van der Waals surface area contributed by atoms with Gasteiger partial charge in [-0.15, -0.1) is 0 Å². The second-order valence-corrected chi connectivity index (χ2v) is 7.40. The SMILES string of the molecule is C=C(C)CN1CCC(NC(=NCc2ccc(OCCO)c(OC)c2)NCC)CC1. The van der Waals surface area contributed by atoms with Crippen molar-refractivity contribution in [2.24, 2.45) is 4.99 Å². The normalized spacial score (nSPS) is 15.8. The van der Waals surface area contributed by atoms with E-state index in [9.17, 15) is 0 Å². The molecular weight excluding hydrogens is 368 g/mol.